The molecule has 1 aromatic rings. The highest BCUT2D eigenvalue weighted by atomic mass is 32.2. The van der Waals surface area contributed by atoms with Crippen molar-refractivity contribution in [2.24, 2.45) is 7.05 Å². The van der Waals surface area contributed by atoms with Crippen LogP contribution in [0.4, 0.5) is 0 Å². The molecule has 2 atom stereocenters. The second kappa shape index (κ2) is 6.89. The standard InChI is InChI=1S/C16H23N3O5S/c1-17-7-3-4-12(15(17)20)16(21)18-8-5-13-14(6-9-18)24-11-10-19(13)25(2,22)23/h3-4,7,13-14H,5-6,8-11H2,1-2H3/t13-,14-/m1/s1. The van der Waals surface area contributed by atoms with Crippen LogP contribution in [0.15, 0.2) is 23.1 Å². The molecule has 3 rings (SSSR count). The Labute approximate surface area is 147 Å². The normalized spacial score (nSPS) is 25.3. The van der Waals surface area contributed by atoms with Gasteiger partial charge in [0.15, 0.2) is 0 Å². The van der Waals surface area contributed by atoms with Crippen molar-refractivity contribution in [2.45, 2.75) is 25.0 Å². The van der Waals surface area contributed by atoms with Crippen LogP contribution in [0.25, 0.3) is 0 Å². The molecule has 8 nitrogen and oxygen atoms in total. The van der Waals surface area contributed by atoms with Crippen molar-refractivity contribution in [3.05, 3.63) is 34.2 Å². The van der Waals surface area contributed by atoms with E-state index in [1.165, 1.54) is 21.2 Å². The van der Waals surface area contributed by atoms with Crippen LogP contribution in [0.3, 0.4) is 0 Å². The second-order valence-electron chi connectivity index (χ2n) is 6.56. The third-order valence-corrected chi connectivity index (χ3v) is 6.19. The Morgan fingerprint density at radius 2 is 1.96 bits per heavy atom. The van der Waals surface area contributed by atoms with Gasteiger partial charge in [0.25, 0.3) is 11.5 Å². The minimum atomic E-state index is -3.32. The van der Waals surface area contributed by atoms with E-state index in [1.807, 2.05) is 0 Å². The number of fused-ring (bicyclic) bond motifs is 1. The predicted octanol–water partition coefficient (Wildman–Crippen LogP) is -0.350. The van der Waals surface area contributed by atoms with Gasteiger partial charge in [-0.05, 0) is 25.0 Å². The van der Waals surface area contributed by atoms with Crippen molar-refractivity contribution in [1.82, 2.24) is 13.8 Å². The molecule has 0 N–H and O–H groups in total. The van der Waals surface area contributed by atoms with Gasteiger partial charge in [0.1, 0.15) is 5.56 Å². The summed E-state index contributed by atoms with van der Waals surface area (Å²) in [4.78, 5) is 26.5. The quantitative estimate of drug-likeness (QED) is 0.711. The number of carbonyl (C=O) groups excluding carboxylic acids is 1. The molecule has 2 aliphatic heterocycles. The van der Waals surface area contributed by atoms with Crippen LogP contribution in [0.2, 0.25) is 0 Å². The number of aryl methyl sites for hydroxylation is 1. The van der Waals surface area contributed by atoms with Crippen molar-refractivity contribution in [1.29, 1.82) is 0 Å². The minimum Gasteiger partial charge on any atom is -0.375 e. The lowest BCUT2D eigenvalue weighted by molar-refractivity contribution is -0.0406. The maximum absolute atomic E-state index is 12.7. The molecule has 0 unspecified atom stereocenters. The van der Waals surface area contributed by atoms with E-state index >= 15 is 0 Å². The number of pyridine rings is 1. The largest absolute Gasteiger partial charge is 0.375 e. The molecule has 0 aliphatic carbocycles. The summed E-state index contributed by atoms with van der Waals surface area (Å²) in [5.74, 6) is -0.314. The highest BCUT2D eigenvalue weighted by molar-refractivity contribution is 7.88. The Morgan fingerprint density at radius 3 is 2.68 bits per heavy atom. The fraction of sp³-hybridized carbons (Fsp3) is 0.625. The first kappa shape index (κ1) is 18.1. The van der Waals surface area contributed by atoms with Gasteiger partial charge in [-0.15, -0.1) is 0 Å². The van der Waals surface area contributed by atoms with Gasteiger partial charge in [-0.2, -0.15) is 4.31 Å². The Hall–Kier alpha value is -1.71. The molecule has 0 saturated carbocycles. The first-order chi connectivity index (χ1) is 11.8. The van der Waals surface area contributed by atoms with Crippen molar-refractivity contribution < 1.29 is 17.9 Å². The van der Waals surface area contributed by atoms with Crippen LogP contribution < -0.4 is 5.56 Å². The third-order valence-electron chi connectivity index (χ3n) is 4.89. The van der Waals surface area contributed by atoms with Crippen LogP contribution in [0.5, 0.6) is 0 Å². The minimum absolute atomic E-state index is 0.135. The number of carbonyl (C=O) groups is 1. The molecule has 2 aliphatic rings. The summed E-state index contributed by atoms with van der Waals surface area (Å²) in [6.45, 7) is 1.54. The number of aromatic nitrogens is 1. The summed E-state index contributed by atoms with van der Waals surface area (Å²) in [5, 5.41) is 0. The van der Waals surface area contributed by atoms with E-state index in [9.17, 15) is 18.0 Å². The second-order valence-corrected chi connectivity index (χ2v) is 8.49. The van der Waals surface area contributed by atoms with Crippen LogP contribution >= 0.6 is 0 Å². The Kier molecular flexibility index (Phi) is 4.99. The molecule has 0 bridgehead atoms. The van der Waals surface area contributed by atoms with E-state index in [4.69, 9.17) is 4.74 Å². The maximum Gasteiger partial charge on any atom is 0.263 e. The molecule has 0 radical (unpaired) electrons. The molecule has 2 saturated heterocycles. The van der Waals surface area contributed by atoms with Gasteiger partial charge in [-0.3, -0.25) is 9.59 Å². The summed E-state index contributed by atoms with van der Waals surface area (Å²) < 4.78 is 32.6. The van der Waals surface area contributed by atoms with Gasteiger partial charge in [-0.1, -0.05) is 0 Å². The van der Waals surface area contributed by atoms with E-state index in [0.29, 0.717) is 39.1 Å². The lowest BCUT2D eigenvalue weighted by Crippen LogP contribution is -2.53. The molecule has 138 valence electrons. The molecule has 9 heteroatoms. The van der Waals surface area contributed by atoms with Crippen molar-refractivity contribution in [2.75, 3.05) is 32.5 Å². The van der Waals surface area contributed by atoms with Gasteiger partial charge in [0.2, 0.25) is 10.0 Å². The first-order valence-corrected chi connectivity index (χ1v) is 10.2. The number of rotatable bonds is 2. The van der Waals surface area contributed by atoms with Crippen molar-refractivity contribution >= 4 is 15.9 Å². The highest BCUT2D eigenvalue weighted by Gasteiger charge is 2.39. The van der Waals surface area contributed by atoms with E-state index < -0.39 is 10.0 Å². The molecule has 0 spiro atoms. The molecule has 25 heavy (non-hydrogen) atoms. The van der Waals surface area contributed by atoms with E-state index in [-0.39, 0.29) is 29.2 Å². The first-order valence-electron chi connectivity index (χ1n) is 8.32. The summed E-state index contributed by atoms with van der Waals surface area (Å²) in [7, 11) is -1.71. The predicted molar refractivity (Wildman–Crippen MR) is 91.9 cm³/mol. The number of sulfonamides is 1. The van der Waals surface area contributed by atoms with Crippen LogP contribution in [-0.2, 0) is 21.8 Å². The monoisotopic (exact) mass is 369 g/mol. The number of ether oxygens (including phenoxy) is 1. The topological polar surface area (TPSA) is 88.9 Å². The van der Waals surface area contributed by atoms with E-state index in [0.717, 1.165) is 0 Å². The number of amides is 1. The summed E-state index contributed by atoms with van der Waals surface area (Å²) in [5.41, 5.74) is -0.195. The van der Waals surface area contributed by atoms with Crippen LogP contribution in [0, 0.1) is 0 Å². The number of likely N-dealkylation sites (tertiary alicyclic amines) is 1. The SMILES string of the molecule is Cn1cccc(C(=O)N2CC[C@@H]3[C@@H](CC2)OCCN3S(C)(=O)=O)c1=O. The fourth-order valence-electron chi connectivity index (χ4n) is 3.59. The average Bonchev–Trinajstić information content (AvgIpc) is 2.78. The lowest BCUT2D eigenvalue weighted by Gasteiger charge is -2.38. The van der Waals surface area contributed by atoms with Crippen molar-refractivity contribution in [3.63, 3.8) is 0 Å². The van der Waals surface area contributed by atoms with Gasteiger partial charge < -0.3 is 14.2 Å². The zero-order valence-corrected chi connectivity index (χ0v) is 15.2. The van der Waals surface area contributed by atoms with Gasteiger partial charge >= 0.3 is 0 Å². The Balaban J connectivity index is 1.80. The third kappa shape index (κ3) is 3.63. The Morgan fingerprint density at radius 1 is 1.24 bits per heavy atom. The number of hydrogen-bond acceptors (Lipinski definition) is 5. The van der Waals surface area contributed by atoms with Crippen molar-refractivity contribution in [3.8, 4) is 0 Å². The smallest absolute Gasteiger partial charge is 0.263 e. The number of nitrogens with zero attached hydrogens (tertiary/aromatic N) is 3. The van der Waals surface area contributed by atoms with E-state index in [1.54, 1.807) is 24.2 Å². The van der Waals surface area contributed by atoms with E-state index in [2.05, 4.69) is 0 Å². The Bertz CT molecular complexity index is 819. The summed E-state index contributed by atoms with van der Waals surface area (Å²) >= 11 is 0. The highest BCUT2D eigenvalue weighted by Crippen LogP contribution is 2.26. The molecule has 0 aromatic carbocycles. The number of hydrogen-bond donors (Lipinski definition) is 0. The molecule has 3 heterocycles. The summed E-state index contributed by atoms with van der Waals surface area (Å²) in [6.07, 6.45) is 3.64. The average molecular weight is 369 g/mol. The van der Waals surface area contributed by atoms with Crippen LogP contribution in [-0.4, -0.2) is 72.7 Å². The van der Waals surface area contributed by atoms with Gasteiger partial charge in [0, 0.05) is 32.9 Å². The number of morpholine rings is 1. The zero-order chi connectivity index (χ0) is 18.2. The molecule has 1 aromatic heterocycles. The zero-order valence-electron chi connectivity index (χ0n) is 14.4. The van der Waals surface area contributed by atoms with Crippen LogP contribution in [0.1, 0.15) is 23.2 Å². The van der Waals surface area contributed by atoms with Gasteiger partial charge in [-0.25, -0.2) is 8.42 Å². The molecular formula is C16H23N3O5S. The lowest BCUT2D eigenvalue weighted by atomic mass is 10.0. The molecule has 1 amide bonds. The molecular weight excluding hydrogens is 346 g/mol. The fourth-order valence-corrected chi connectivity index (χ4v) is 4.73. The maximum atomic E-state index is 12.7. The molecule has 2 fully saturated rings. The van der Waals surface area contributed by atoms with Gasteiger partial charge in [0.05, 0.1) is 25.0 Å². The summed E-state index contributed by atoms with van der Waals surface area (Å²) in [6, 6.07) is 2.93.